The number of methoxy groups -OCH3 is 1. The van der Waals surface area contributed by atoms with Crippen molar-refractivity contribution in [2.75, 3.05) is 13.7 Å². The average Bonchev–Trinajstić information content (AvgIpc) is 2.03. The van der Waals surface area contributed by atoms with Crippen molar-refractivity contribution >= 4 is 11.9 Å². The van der Waals surface area contributed by atoms with Crippen molar-refractivity contribution in [3.8, 4) is 0 Å². The molecular weight excluding hydrogens is 186 g/mol. The molecule has 0 heterocycles. The van der Waals surface area contributed by atoms with Crippen LogP contribution in [0.2, 0.25) is 0 Å². The first-order valence-electron chi connectivity index (χ1n) is 4.48. The number of amides is 1. The van der Waals surface area contributed by atoms with Gasteiger partial charge in [-0.3, -0.25) is 9.59 Å². The second-order valence-electron chi connectivity index (χ2n) is 3.39. The molecule has 5 nitrogen and oxygen atoms in total. The van der Waals surface area contributed by atoms with Gasteiger partial charge in [0.2, 0.25) is 5.91 Å². The van der Waals surface area contributed by atoms with E-state index >= 15 is 0 Å². The van der Waals surface area contributed by atoms with Crippen LogP contribution >= 0.6 is 0 Å². The topological polar surface area (TPSA) is 75.6 Å². The molecule has 0 aromatic heterocycles. The van der Waals surface area contributed by atoms with Gasteiger partial charge in [0.15, 0.2) is 0 Å². The number of carboxylic acid groups (broad SMARTS) is 1. The van der Waals surface area contributed by atoms with Gasteiger partial charge in [0.05, 0.1) is 0 Å². The molecule has 0 aromatic rings. The molecule has 82 valence electrons. The molecule has 0 saturated carbocycles. The molecule has 0 radical (unpaired) electrons. The Kier molecular flexibility index (Phi) is 5.87. The van der Waals surface area contributed by atoms with E-state index in [1.807, 2.05) is 6.92 Å². The van der Waals surface area contributed by atoms with E-state index in [0.29, 0.717) is 6.61 Å². The van der Waals surface area contributed by atoms with Gasteiger partial charge in [-0.2, -0.15) is 0 Å². The Hall–Kier alpha value is -1.10. The molecule has 0 rings (SSSR count). The Morgan fingerprint density at radius 3 is 2.43 bits per heavy atom. The zero-order valence-electron chi connectivity index (χ0n) is 8.74. The maximum atomic E-state index is 11.2. The van der Waals surface area contributed by atoms with Gasteiger partial charge in [0.1, 0.15) is 6.04 Å². The fraction of sp³-hybridized carbons (Fsp3) is 0.778. The monoisotopic (exact) mass is 203 g/mol. The minimum Gasteiger partial charge on any atom is -0.480 e. The number of carbonyl (C=O) groups is 2. The third-order valence-corrected chi connectivity index (χ3v) is 1.73. The molecule has 0 aliphatic carbocycles. The third-order valence-electron chi connectivity index (χ3n) is 1.73. The molecule has 1 amide bonds. The summed E-state index contributed by atoms with van der Waals surface area (Å²) in [6, 6.07) is -0.836. The van der Waals surface area contributed by atoms with Gasteiger partial charge in [-0.05, 0) is 12.8 Å². The van der Waals surface area contributed by atoms with E-state index in [4.69, 9.17) is 9.84 Å². The highest BCUT2D eigenvalue weighted by Crippen LogP contribution is 2.01. The van der Waals surface area contributed by atoms with Crippen LogP contribution in [0, 0.1) is 5.92 Å². The second kappa shape index (κ2) is 6.37. The molecule has 0 fully saturated rings. The standard InChI is InChI=1S/C9H17NO4/c1-6(5-14-3)4-8(11)10-7(2)9(12)13/h6-7H,4-5H2,1-3H3,(H,10,11)(H,12,13)/t6?,7-/m0/s1. The summed E-state index contributed by atoms with van der Waals surface area (Å²) in [5, 5.41) is 10.9. The normalized spacial score (nSPS) is 14.5. The van der Waals surface area contributed by atoms with Crippen LogP contribution in [0.4, 0.5) is 0 Å². The van der Waals surface area contributed by atoms with Crippen molar-refractivity contribution in [3.63, 3.8) is 0 Å². The largest absolute Gasteiger partial charge is 0.480 e. The maximum Gasteiger partial charge on any atom is 0.325 e. The minimum absolute atomic E-state index is 0.0981. The van der Waals surface area contributed by atoms with Gasteiger partial charge < -0.3 is 15.2 Å². The lowest BCUT2D eigenvalue weighted by Crippen LogP contribution is -2.39. The van der Waals surface area contributed by atoms with E-state index in [9.17, 15) is 9.59 Å². The Morgan fingerprint density at radius 2 is 2.00 bits per heavy atom. The summed E-state index contributed by atoms with van der Waals surface area (Å²) in [7, 11) is 1.56. The van der Waals surface area contributed by atoms with Gasteiger partial charge in [-0.25, -0.2) is 0 Å². The van der Waals surface area contributed by atoms with Crippen LogP contribution in [0.5, 0.6) is 0 Å². The lowest BCUT2D eigenvalue weighted by atomic mass is 10.1. The summed E-state index contributed by atoms with van der Waals surface area (Å²) >= 11 is 0. The average molecular weight is 203 g/mol. The molecule has 0 bridgehead atoms. The number of nitrogens with one attached hydrogen (secondary N) is 1. The van der Waals surface area contributed by atoms with E-state index < -0.39 is 12.0 Å². The van der Waals surface area contributed by atoms with Gasteiger partial charge >= 0.3 is 5.97 Å². The molecule has 1 unspecified atom stereocenters. The van der Waals surface area contributed by atoms with Crippen LogP contribution < -0.4 is 5.32 Å². The Balaban J connectivity index is 3.80. The number of hydrogen-bond donors (Lipinski definition) is 2. The highest BCUT2D eigenvalue weighted by molar-refractivity contribution is 5.83. The Morgan fingerprint density at radius 1 is 1.43 bits per heavy atom. The lowest BCUT2D eigenvalue weighted by Gasteiger charge is -2.12. The number of rotatable bonds is 6. The van der Waals surface area contributed by atoms with Gasteiger partial charge in [-0.15, -0.1) is 0 Å². The summed E-state index contributed by atoms with van der Waals surface area (Å²) in [5.74, 6) is -1.19. The van der Waals surface area contributed by atoms with Crippen LogP contribution in [0.15, 0.2) is 0 Å². The fourth-order valence-corrected chi connectivity index (χ4v) is 1.02. The van der Waals surface area contributed by atoms with Crippen molar-refractivity contribution in [2.45, 2.75) is 26.3 Å². The SMILES string of the molecule is COCC(C)CC(=O)N[C@@H](C)C(=O)O. The lowest BCUT2D eigenvalue weighted by molar-refractivity contribution is -0.141. The number of hydrogen-bond acceptors (Lipinski definition) is 3. The van der Waals surface area contributed by atoms with E-state index in [-0.39, 0.29) is 18.2 Å². The zero-order chi connectivity index (χ0) is 11.1. The van der Waals surface area contributed by atoms with E-state index in [0.717, 1.165) is 0 Å². The van der Waals surface area contributed by atoms with Gasteiger partial charge in [-0.1, -0.05) is 6.92 Å². The number of carboxylic acids is 1. The van der Waals surface area contributed by atoms with E-state index in [2.05, 4.69) is 5.32 Å². The first-order chi connectivity index (χ1) is 6.47. The highest BCUT2D eigenvalue weighted by atomic mass is 16.5. The van der Waals surface area contributed by atoms with Crippen molar-refractivity contribution in [1.82, 2.24) is 5.32 Å². The summed E-state index contributed by atoms with van der Waals surface area (Å²) in [6.07, 6.45) is 0.283. The molecule has 0 aliphatic heterocycles. The summed E-state index contributed by atoms with van der Waals surface area (Å²) in [4.78, 5) is 21.6. The Labute approximate surface area is 83.4 Å². The third kappa shape index (κ3) is 5.53. The van der Waals surface area contributed by atoms with Crippen LogP contribution in [0.3, 0.4) is 0 Å². The van der Waals surface area contributed by atoms with Crippen molar-refractivity contribution in [2.24, 2.45) is 5.92 Å². The number of aliphatic carboxylic acids is 1. The first kappa shape index (κ1) is 12.9. The predicted octanol–water partition coefficient (Wildman–Crippen LogP) is 0.248. The smallest absolute Gasteiger partial charge is 0.325 e. The van der Waals surface area contributed by atoms with Crippen LogP contribution in [0.25, 0.3) is 0 Å². The molecule has 0 aromatic carbocycles. The minimum atomic E-state index is -1.03. The zero-order valence-corrected chi connectivity index (χ0v) is 8.74. The van der Waals surface area contributed by atoms with E-state index in [1.54, 1.807) is 7.11 Å². The fourth-order valence-electron chi connectivity index (χ4n) is 1.02. The second-order valence-corrected chi connectivity index (χ2v) is 3.39. The quantitative estimate of drug-likeness (QED) is 0.648. The molecule has 0 saturated heterocycles. The molecule has 0 aliphatic rings. The summed E-state index contributed by atoms with van der Waals surface area (Å²) in [6.45, 7) is 3.80. The maximum absolute atomic E-state index is 11.2. The van der Waals surface area contributed by atoms with Crippen molar-refractivity contribution < 1.29 is 19.4 Å². The van der Waals surface area contributed by atoms with Crippen molar-refractivity contribution in [3.05, 3.63) is 0 Å². The summed E-state index contributed by atoms with van der Waals surface area (Å²) in [5.41, 5.74) is 0. The van der Waals surface area contributed by atoms with Crippen LogP contribution in [0.1, 0.15) is 20.3 Å². The van der Waals surface area contributed by atoms with Crippen LogP contribution in [-0.4, -0.2) is 36.7 Å². The first-order valence-corrected chi connectivity index (χ1v) is 4.48. The Bertz CT molecular complexity index is 205. The predicted molar refractivity (Wildman–Crippen MR) is 50.9 cm³/mol. The summed E-state index contributed by atoms with van der Waals surface area (Å²) < 4.78 is 4.86. The number of ether oxygens (including phenoxy) is 1. The van der Waals surface area contributed by atoms with Crippen molar-refractivity contribution in [1.29, 1.82) is 0 Å². The molecule has 5 heteroatoms. The highest BCUT2D eigenvalue weighted by Gasteiger charge is 2.15. The molecule has 2 N–H and O–H groups in total. The molecule has 0 spiro atoms. The van der Waals surface area contributed by atoms with E-state index in [1.165, 1.54) is 6.92 Å². The van der Waals surface area contributed by atoms with Gasteiger partial charge in [0.25, 0.3) is 0 Å². The molecular formula is C9H17NO4. The van der Waals surface area contributed by atoms with Crippen LogP contribution in [-0.2, 0) is 14.3 Å². The number of carbonyl (C=O) groups excluding carboxylic acids is 1. The molecule has 2 atom stereocenters. The van der Waals surface area contributed by atoms with Gasteiger partial charge in [0, 0.05) is 20.1 Å². The molecule has 14 heavy (non-hydrogen) atoms.